The van der Waals surface area contributed by atoms with E-state index in [4.69, 9.17) is 4.74 Å². The molecule has 10 aromatic rings. The Bertz CT molecular complexity index is 3250. The van der Waals surface area contributed by atoms with Crippen LogP contribution in [0.3, 0.4) is 0 Å². The maximum absolute atomic E-state index is 7.38. The zero-order chi connectivity index (χ0) is 41.7. The number of fused-ring (bicyclic) bond motifs is 8. The van der Waals surface area contributed by atoms with E-state index in [9.17, 15) is 0 Å². The number of ether oxygens (including phenoxy) is 1. The Balaban J connectivity index is 1.12. The molecule has 0 atom stereocenters. The van der Waals surface area contributed by atoms with Crippen molar-refractivity contribution in [3.8, 4) is 67.1 Å². The molecule has 0 bridgehead atoms. The van der Waals surface area contributed by atoms with Crippen molar-refractivity contribution >= 4 is 17.1 Å². The van der Waals surface area contributed by atoms with Crippen LogP contribution >= 0.6 is 0 Å². The highest BCUT2D eigenvalue weighted by atomic mass is 16.5. The Morgan fingerprint density at radius 2 is 0.825 bits per heavy atom. The van der Waals surface area contributed by atoms with Gasteiger partial charge >= 0.3 is 0 Å². The molecule has 2 aliphatic rings. The molecule has 1 aliphatic heterocycles. The lowest BCUT2D eigenvalue weighted by Crippen LogP contribution is -2.28. The van der Waals surface area contributed by atoms with Crippen molar-refractivity contribution in [2.75, 3.05) is 4.90 Å². The van der Waals surface area contributed by atoms with E-state index in [1.165, 1.54) is 38.9 Å². The van der Waals surface area contributed by atoms with Gasteiger partial charge in [0.1, 0.15) is 5.75 Å². The van der Waals surface area contributed by atoms with Gasteiger partial charge in [-0.05, 0) is 103 Å². The van der Waals surface area contributed by atoms with Crippen LogP contribution in [0, 0.1) is 0 Å². The fraction of sp³-hybridized carbons (Fsp3) is 0.0164. The predicted octanol–water partition coefficient (Wildman–Crippen LogP) is 16.3. The van der Waals surface area contributed by atoms with Crippen LogP contribution in [0.15, 0.2) is 249 Å². The van der Waals surface area contributed by atoms with Gasteiger partial charge in [-0.15, -0.1) is 0 Å². The Labute approximate surface area is 368 Å². The average Bonchev–Trinajstić information content (AvgIpc) is 3.57. The molecule has 0 N–H and O–H groups in total. The molecule has 10 aromatic carbocycles. The van der Waals surface area contributed by atoms with Gasteiger partial charge in [-0.2, -0.15) is 0 Å². The molecule has 0 amide bonds. The molecular formula is C61H41NO. The Kier molecular flexibility index (Phi) is 8.76. The normalized spacial score (nSPS) is 12.7. The van der Waals surface area contributed by atoms with E-state index in [0.29, 0.717) is 0 Å². The van der Waals surface area contributed by atoms with Crippen molar-refractivity contribution in [2.45, 2.75) is 5.41 Å². The number of para-hydroxylation sites is 1. The topological polar surface area (TPSA) is 12.5 Å². The number of hydrogen-bond acceptors (Lipinski definition) is 2. The second-order valence-corrected chi connectivity index (χ2v) is 16.4. The highest BCUT2D eigenvalue weighted by Crippen LogP contribution is 2.59. The Morgan fingerprint density at radius 3 is 1.52 bits per heavy atom. The van der Waals surface area contributed by atoms with Gasteiger partial charge in [-0.1, -0.05) is 212 Å². The zero-order valence-electron chi connectivity index (χ0n) is 34.5. The van der Waals surface area contributed by atoms with Gasteiger partial charge in [0.2, 0.25) is 0 Å². The molecular weight excluding hydrogens is 763 g/mol. The second kappa shape index (κ2) is 15.1. The quantitative estimate of drug-likeness (QED) is 0.159. The largest absolute Gasteiger partial charge is 0.454 e. The minimum Gasteiger partial charge on any atom is -0.454 e. The highest BCUT2D eigenvalue weighted by Gasteiger charge is 2.46. The number of benzene rings is 10. The van der Waals surface area contributed by atoms with Gasteiger partial charge in [-0.25, -0.2) is 0 Å². The van der Waals surface area contributed by atoms with Gasteiger partial charge in [0.25, 0.3) is 0 Å². The summed E-state index contributed by atoms with van der Waals surface area (Å²) in [5.74, 6) is 1.63. The predicted molar refractivity (Wildman–Crippen MR) is 260 cm³/mol. The maximum atomic E-state index is 7.38. The first-order valence-corrected chi connectivity index (χ1v) is 21.7. The minimum atomic E-state index is -0.552. The molecule has 63 heavy (non-hydrogen) atoms. The second-order valence-electron chi connectivity index (χ2n) is 16.4. The van der Waals surface area contributed by atoms with Crippen molar-refractivity contribution < 1.29 is 4.74 Å². The molecule has 0 aromatic heterocycles. The number of hydrogen-bond donors (Lipinski definition) is 0. The summed E-state index contributed by atoms with van der Waals surface area (Å²) in [6, 6.07) is 90.0. The van der Waals surface area contributed by atoms with Crippen LogP contribution in [-0.4, -0.2) is 0 Å². The van der Waals surface area contributed by atoms with Crippen LogP contribution in [0.4, 0.5) is 17.1 Å². The van der Waals surface area contributed by atoms with E-state index in [0.717, 1.165) is 67.5 Å². The van der Waals surface area contributed by atoms with Crippen molar-refractivity contribution in [3.63, 3.8) is 0 Å². The van der Waals surface area contributed by atoms with E-state index in [1.54, 1.807) is 0 Å². The SMILES string of the molecule is c1ccc(-c2ccc(N(c3ccc4c(c3)C(c3ccccc3)(c3ccccc3)c3ccccc3-4)c3cccc4c3Oc3cccc(-c5ccccc5)c3-c3ccccc3-4)cc2)cc1. The fourth-order valence-electron chi connectivity index (χ4n) is 10.3. The summed E-state index contributed by atoms with van der Waals surface area (Å²) < 4.78 is 7.38. The van der Waals surface area contributed by atoms with Crippen LogP contribution < -0.4 is 9.64 Å². The van der Waals surface area contributed by atoms with Gasteiger partial charge in [0.05, 0.1) is 11.1 Å². The molecule has 0 spiro atoms. The van der Waals surface area contributed by atoms with Crippen LogP contribution in [-0.2, 0) is 5.41 Å². The highest BCUT2D eigenvalue weighted by molar-refractivity contribution is 6.00. The minimum absolute atomic E-state index is 0.552. The lowest BCUT2D eigenvalue weighted by molar-refractivity contribution is 0.489. The number of rotatable bonds is 7. The molecule has 0 saturated heterocycles. The first kappa shape index (κ1) is 36.6. The first-order chi connectivity index (χ1) is 31.3. The molecule has 0 unspecified atom stereocenters. The Hall–Kier alpha value is -8.20. The van der Waals surface area contributed by atoms with Crippen LogP contribution in [0.1, 0.15) is 22.3 Å². The number of nitrogens with zero attached hydrogens (tertiary/aromatic N) is 1. The Morgan fingerprint density at radius 1 is 0.317 bits per heavy atom. The number of anilines is 3. The monoisotopic (exact) mass is 803 g/mol. The van der Waals surface area contributed by atoms with E-state index in [-0.39, 0.29) is 0 Å². The van der Waals surface area contributed by atoms with E-state index >= 15 is 0 Å². The summed E-state index contributed by atoms with van der Waals surface area (Å²) in [4.78, 5) is 2.40. The summed E-state index contributed by atoms with van der Waals surface area (Å²) in [5, 5.41) is 0. The maximum Gasteiger partial charge on any atom is 0.159 e. The van der Waals surface area contributed by atoms with Gasteiger partial charge < -0.3 is 9.64 Å². The molecule has 12 rings (SSSR count). The van der Waals surface area contributed by atoms with E-state index in [1.807, 2.05) is 0 Å². The van der Waals surface area contributed by atoms with Crippen molar-refractivity contribution in [2.24, 2.45) is 0 Å². The zero-order valence-corrected chi connectivity index (χ0v) is 34.5. The lowest BCUT2D eigenvalue weighted by Gasteiger charge is -2.35. The van der Waals surface area contributed by atoms with Gasteiger partial charge in [0, 0.05) is 22.5 Å². The van der Waals surface area contributed by atoms with Gasteiger partial charge in [0.15, 0.2) is 5.75 Å². The molecule has 2 nitrogen and oxygen atoms in total. The van der Waals surface area contributed by atoms with Crippen molar-refractivity contribution in [1.29, 1.82) is 0 Å². The molecule has 0 saturated carbocycles. The van der Waals surface area contributed by atoms with E-state index < -0.39 is 5.41 Å². The van der Waals surface area contributed by atoms with Crippen molar-refractivity contribution in [1.82, 2.24) is 0 Å². The molecule has 296 valence electrons. The lowest BCUT2D eigenvalue weighted by atomic mass is 9.67. The van der Waals surface area contributed by atoms with Gasteiger partial charge in [-0.3, -0.25) is 0 Å². The van der Waals surface area contributed by atoms with Crippen LogP contribution in [0.2, 0.25) is 0 Å². The third-order valence-corrected chi connectivity index (χ3v) is 13.0. The fourth-order valence-corrected chi connectivity index (χ4v) is 10.3. The summed E-state index contributed by atoms with van der Waals surface area (Å²) in [7, 11) is 0. The third kappa shape index (κ3) is 5.87. The molecule has 0 radical (unpaired) electrons. The third-order valence-electron chi connectivity index (χ3n) is 13.0. The molecule has 1 aliphatic carbocycles. The van der Waals surface area contributed by atoms with E-state index in [2.05, 4.69) is 254 Å². The standard InChI is InChI=1S/C61H41NO/c1-5-19-42(20-6-1)43-35-37-47(38-36-43)62(48-39-40-52-51-28-15-16-32-55(51)61(56(52)41-48,45-23-9-3-10-24-45)46-25-11-4-12-26-46)57-33-17-31-54-50-27-13-14-29-53(50)59-49(44-21-7-2-8-22-44)30-18-34-58(59)63-60(54)57/h1-41H. The summed E-state index contributed by atoms with van der Waals surface area (Å²) >= 11 is 0. The average molecular weight is 804 g/mol. The molecule has 1 heterocycles. The van der Waals surface area contributed by atoms with Crippen molar-refractivity contribution in [3.05, 3.63) is 271 Å². The van der Waals surface area contributed by atoms with Crippen LogP contribution in [0.25, 0.3) is 55.6 Å². The summed E-state index contributed by atoms with van der Waals surface area (Å²) in [6.07, 6.45) is 0. The van der Waals surface area contributed by atoms with Crippen LogP contribution in [0.5, 0.6) is 11.5 Å². The summed E-state index contributed by atoms with van der Waals surface area (Å²) in [6.45, 7) is 0. The first-order valence-electron chi connectivity index (χ1n) is 21.7. The smallest absolute Gasteiger partial charge is 0.159 e. The molecule has 0 fully saturated rings. The summed E-state index contributed by atoms with van der Waals surface area (Å²) in [5.41, 5.74) is 19.0. The molecule has 2 heteroatoms.